The molecule has 0 fully saturated rings. The molecule has 0 saturated heterocycles. The first-order valence-electron chi connectivity index (χ1n) is 13.7. The second-order valence-electron chi connectivity index (χ2n) is 10.1. The lowest BCUT2D eigenvalue weighted by molar-refractivity contribution is -0.129. The van der Waals surface area contributed by atoms with Crippen LogP contribution in [0.4, 0.5) is 8.78 Å². The molecule has 0 N–H and O–H groups in total. The second kappa shape index (κ2) is 12.1. The van der Waals surface area contributed by atoms with Crippen molar-refractivity contribution in [3.05, 3.63) is 72.0 Å². The third-order valence-corrected chi connectivity index (χ3v) is 8.30. The number of carbonyl (C=O) groups excluding carboxylic acids is 1. The fraction of sp³-hybridized carbons (Fsp3) is 0.258. The molecular formula is C31H28F2N6O4S. The van der Waals surface area contributed by atoms with Gasteiger partial charge in [0.1, 0.15) is 35.4 Å². The number of aromatic nitrogens is 5. The van der Waals surface area contributed by atoms with E-state index in [4.69, 9.17) is 24.3 Å². The van der Waals surface area contributed by atoms with Crippen molar-refractivity contribution < 1.29 is 27.8 Å². The average molecular weight is 619 g/mol. The van der Waals surface area contributed by atoms with Crippen LogP contribution >= 0.6 is 11.3 Å². The van der Waals surface area contributed by atoms with Gasteiger partial charge in [-0.15, -0.1) is 11.3 Å². The Morgan fingerprint density at radius 2 is 1.93 bits per heavy atom. The van der Waals surface area contributed by atoms with E-state index in [-0.39, 0.29) is 42.5 Å². The number of hydrogen-bond donors (Lipinski definition) is 0. The van der Waals surface area contributed by atoms with Crippen molar-refractivity contribution >= 4 is 27.3 Å². The van der Waals surface area contributed by atoms with Crippen molar-refractivity contribution in [1.29, 1.82) is 0 Å². The summed E-state index contributed by atoms with van der Waals surface area (Å²) in [6.45, 7) is 6.62. The predicted octanol–water partition coefficient (Wildman–Crippen LogP) is 5.51. The van der Waals surface area contributed by atoms with Crippen molar-refractivity contribution in [1.82, 2.24) is 29.6 Å². The molecular weight excluding hydrogens is 590 g/mol. The van der Waals surface area contributed by atoms with Gasteiger partial charge in [0.05, 0.1) is 43.8 Å². The summed E-state index contributed by atoms with van der Waals surface area (Å²) in [4.78, 5) is 27.8. The Labute approximate surface area is 255 Å². The summed E-state index contributed by atoms with van der Waals surface area (Å²) in [5.41, 5.74) is 3.20. The van der Waals surface area contributed by atoms with Crippen LogP contribution in [0.25, 0.3) is 43.9 Å². The quantitative estimate of drug-likeness (QED) is 0.157. The van der Waals surface area contributed by atoms with Gasteiger partial charge in [-0.2, -0.15) is 5.10 Å². The van der Waals surface area contributed by atoms with Crippen LogP contribution in [0, 0.1) is 11.6 Å². The topological polar surface area (TPSA) is 104 Å². The van der Waals surface area contributed by atoms with Crippen molar-refractivity contribution in [2.24, 2.45) is 0 Å². The lowest BCUT2D eigenvalue weighted by Gasteiger charge is -2.33. The minimum absolute atomic E-state index is 0.0122. The van der Waals surface area contributed by atoms with Gasteiger partial charge in [0, 0.05) is 58.9 Å². The van der Waals surface area contributed by atoms with E-state index in [1.54, 1.807) is 17.3 Å². The third-order valence-electron chi connectivity index (χ3n) is 7.37. The van der Waals surface area contributed by atoms with Crippen molar-refractivity contribution in [2.45, 2.75) is 26.1 Å². The first-order valence-corrected chi connectivity index (χ1v) is 14.6. The van der Waals surface area contributed by atoms with Gasteiger partial charge in [0.25, 0.3) is 0 Å². The number of benzene rings is 1. The van der Waals surface area contributed by atoms with E-state index in [9.17, 15) is 9.18 Å². The molecule has 5 heterocycles. The maximum Gasteiger partial charge on any atom is 0.316 e. The molecule has 0 bridgehead atoms. The summed E-state index contributed by atoms with van der Waals surface area (Å²) in [6, 6.07) is 5.77. The number of nitrogens with zero attached hydrogens (tertiary/aromatic N) is 6. The summed E-state index contributed by atoms with van der Waals surface area (Å²) in [7, 11) is 2.99. The van der Waals surface area contributed by atoms with Gasteiger partial charge in [-0.3, -0.25) is 9.48 Å². The van der Waals surface area contributed by atoms with Crippen LogP contribution < -0.4 is 9.47 Å². The van der Waals surface area contributed by atoms with Crippen molar-refractivity contribution in [2.75, 3.05) is 27.4 Å². The molecule has 13 heteroatoms. The van der Waals surface area contributed by atoms with E-state index < -0.39 is 11.6 Å². The molecule has 226 valence electrons. The molecule has 4 aromatic heterocycles. The summed E-state index contributed by atoms with van der Waals surface area (Å²) in [6.07, 6.45) is 4.50. The highest BCUT2D eigenvalue weighted by atomic mass is 32.1. The minimum Gasteiger partial charge on any atom is -0.490 e. The monoisotopic (exact) mass is 618 g/mol. The van der Waals surface area contributed by atoms with Gasteiger partial charge < -0.3 is 19.1 Å². The standard InChI is InChI=1S/C31H28F2N6O4S/c1-5-25(40)38-16-20-12-23(37-39(20)15-17(38)2)29-27(26-22(33)10-19(32)11-24(26)43-8-7-41-3)30-21(6-9-44-30)28(36-29)18-13-34-31(42-4)35-14-18/h5-6,9-14,17H,1,7-8,15-16H2,2-4H3. The number of carbonyl (C=O) groups is 1. The lowest BCUT2D eigenvalue weighted by atomic mass is 9.97. The van der Waals surface area contributed by atoms with Crippen LogP contribution in [0.15, 0.2) is 54.7 Å². The third kappa shape index (κ3) is 5.28. The zero-order chi connectivity index (χ0) is 31.0. The fourth-order valence-corrected chi connectivity index (χ4v) is 6.24. The molecule has 1 aromatic carbocycles. The van der Waals surface area contributed by atoms with E-state index in [1.807, 2.05) is 29.1 Å². The zero-order valence-corrected chi connectivity index (χ0v) is 25.0. The second-order valence-corrected chi connectivity index (χ2v) is 11.0. The van der Waals surface area contributed by atoms with Crippen LogP contribution in [0.3, 0.4) is 0 Å². The van der Waals surface area contributed by atoms with Crippen LogP contribution in [0.1, 0.15) is 12.6 Å². The number of thiophene rings is 1. The van der Waals surface area contributed by atoms with Crippen LogP contribution in [0.5, 0.6) is 11.8 Å². The Morgan fingerprint density at radius 3 is 2.66 bits per heavy atom. The molecule has 0 saturated carbocycles. The Bertz CT molecular complexity index is 1870. The molecule has 6 rings (SSSR count). The molecule has 0 spiro atoms. The van der Waals surface area contributed by atoms with Gasteiger partial charge in [0.2, 0.25) is 5.91 Å². The largest absolute Gasteiger partial charge is 0.490 e. The van der Waals surface area contributed by atoms with Crippen molar-refractivity contribution in [3.63, 3.8) is 0 Å². The summed E-state index contributed by atoms with van der Waals surface area (Å²) < 4.78 is 49.0. The number of halogens is 2. The smallest absolute Gasteiger partial charge is 0.316 e. The number of amides is 1. The number of rotatable bonds is 9. The summed E-state index contributed by atoms with van der Waals surface area (Å²) in [5, 5.41) is 7.46. The van der Waals surface area contributed by atoms with E-state index in [1.165, 1.54) is 31.6 Å². The Balaban J connectivity index is 1.61. The summed E-state index contributed by atoms with van der Waals surface area (Å²) in [5.74, 6) is -1.76. The number of methoxy groups -OCH3 is 2. The molecule has 1 atom stereocenters. The maximum absolute atomic E-state index is 15.9. The van der Waals surface area contributed by atoms with Crippen LogP contribution in [-0.4, -0.2) is 69.0 Å². The van der Waals surface area contributed by atoms with Gasteiger partial charge in [-0.05, 0) is 30.5 Å². The van der Waals surface area contributed by atoms with E-state index >= 15 is 4.39 Å². The predicted molar refractivity (Wildman–Crippen MR) is 161 cm³/mol. The zero-order valence-electron chi connectivity index (χ0n) is 24.2. The average Bonchev–Trinajstić information content (AvgIpc) is 3.67. The molecule has 0 radical (unpaired) electrons. The Hall–Kier alpha value is -4.75. The number of hydrogen-bond acceptors (Lipinski definition) is 9. The number of ether oxygens (including phenoxy) is 3. The SMILES string of the molecule is C=CC(=O)N1Cc2cc(-c3nc(-c4cnc(OC)nc4)c4ccsc4c3-c3c(F)cc(F)cc3OCCOC)nn2CC1C. The molecule has 1 aliphatic heterocycles. The van der Waals surface area contributed by atoms with Gasteiger partial charge in [0.15, 0.2) is 0 Å². The lowest BCUT2D eigenvalue weighted by Crippen LogP contribution is -2.44. The summed E-state index contributed by atoms with van der Waals surface area (Å²) >= 11 is 1.38. The normalized spacial score (nSPS) is 14.5. The van der Waals surface area contributed by atoms with Crippen LogP contribution in [-0.2, 0) is 22.6 Å². The van der Waals surface area contributed by atoms with E-state index in [0.29, 0.717) is 46.0 Å². The highest BCUT2D eigenvalue weighted by molar-refractivity contribution is 7.18. The number of pyridine rings is 1. The highest BCUT2D eigenvalue weighted by Gasteiger charge is 2.30. The molecule has 5 aromatic rings. The minimum atomic E-state index is -0.809. The maximum atomic E-state index is 15.9. The molecule has 1 unspecified atom stereocenters. The Kier molecular flexibility index (Phi) is 8.06. The van der Waals surface area contributed by atoms with Gasteiger partial charge in [-0.25, -0.2) is 23.7 Å². The van der Waals surface area contributed by atoms with Crippen LogP contribution in [0.2, 0.25) is 0 Å². The van der Waals surface area contributed by atoms with Gasteiger partial charge >= 0.3 is 6.01 Å². The van der Waals surface area contributed by atoms with E-state index in [0.717, 1.165) is 23.2 Å². The first-order chi connectivity index (χ1) is 21.3. The van der Waals surface area contributed by atoms with E-state index in [2.05, 4.69) is 16.5 Å². The molecule has 0 aliphatic carbocycles. The highest BCUT2D eigenvalue weighted by Crippen LogP contribution is 2.47. The fourth-order valence-electron chi connectivity index (χ4n) is 5.30. The van der Waals surface area contributed by atoms with Gasteiger partial charge in [-0.1, -0.05) is 6.58 Å². The Morgan fingerprint density at radius 1 is 1.14 bits per heavy atom. The molecule has 44 heavy (non-hydrogen) atoms. The van der Waals surface area contributed by atoms with Crippen molar-refractivity contribution in [3.8, 4) is 45.5 Å². The molecule has 1 aliphatic rings. The first kappa shape index (κ1) is 29.3. The molecule has 1 amide bonds. The molecule has 10 nitrogen and oxygen atoms in total. The number of fused-ring (bicyclic) bond motifs is 2.